The van der Waals surface area contributed by atoms with Crippen molar-refractivity contribution in [3.8, 4) is 5.75 Å². The van der Waals surface area contributed by atoms with E-state index in [2.05, 4.69) is 14.8 Å². The van der Waals surface area contributed by atoms with Gasteiger partial charge >= 0.3 is 6.61 Å². The molecule has 0 amide bonds. The van der Waals surface area contributed by atoms with E-state index in [0.717, 1.165) is 0 Å². The molecule has 0 spiro atoms. The number of benzene rings is 1. The molecule has 0 unspecified atom stereocenters. The summed E-state index contributed by atoms with van der Waals surface area (Å²) in [6.45, 7) is -1.17. The molecule has 0 saturated heterocycles. The largest absolute Gasteiger partial charge is 0.434 e. The molecule has 0 saturated carbocycles. The molecular formula is C12H11ClF2N4O. The SMILES string of the molecule is Cc1cn(N=Cc2cc(Cl)ccc2OC(F)F)c(N)n1. The van der Waals surface area contributed by atoms with Gasteiger partial charge in [0.2, 0.25) is 5.95 Å². The maximum absolute atomic E-state index is 12.3. The molecule has 1 aromatic carbocycles. The second-order valence-corrected chi connectivity index (χ2v) is 4.33. The first kappa shape index (κ1) is 14.3. The molecule has 8 heteroatoms. The minimum atomic E-state index is -2.93. The van der Waals surface area contributed by atoms with Crippen molar-refractivity contribution in [3.05, 3.63) is 40.7 Å². The van der Waals surface area contributed by atoms with E-state index in [1.165, 1.54) is 29.1 Å². The zero-order chi connectivity index (χ0) is 14.7. The lowest BCUT2D eigenvalue weighted by Crippen LogP contribution is -2.04. The Labute approximate surface area is 118 Å². The van der Waals surface area contributed by atoms with Crippen molar-refractivity contribution in [2.24, 2.45) is 5.10 Å². The van der Waals surface area contributed by atoms with Crippen LogP contribution in [0.2, 0.25) is 5.02 Å². The molecule has 0 radical (unpaired) electrons. The fraction of sp³-hybridized carbons (Fsp3) is 0.167. The molecule has 2 rings (SSSR count). The molecule has 1 aromatic heterocycles. The van der Waals surface area contributed by atoms with Crippen LogP contribution in [0.1, 0.15) is 11.3 Å². The van der Waals surface area contributed by atoms with Gasteiger partial charge in [-0.05, 0) is 25.1 Å². The van der Waals surface area contributed by atoms with Crippen LogP contribution in [0.4, 0.5) is 14.7 Å². The number of nitrogens with two attached hydrogens (primary N) is 1. The molecule has 2 aromatic rings. The van der Waals surface area contributed by atoms with E-state index in [1.807, 2.05) is 0 Å². The fourth-order valence-electron chi connectivity index (χ4n) is 1.54. The number of alkyl halides is 2. The van der Waals surface area contributed by atoms with Gasteiger partial charge in [-0.2, -0.15) is 13.9 Å². The zero-order valence-corrected chi connectivity index (χ0v) is 11.2. The highest BCUT2D eigenvalue weighted by molar-refractivity contribution is 6.30. The van der Waals surface area contributed by atoms with Crippen LogP contribution in [0.15, 0.2) is 29.5 Å². The Morgan fingerprint density at radius 1 is 1.50 bits per heavy atom. The molecule has 0 aliphatic rings. The molecule has 106 valence electrons. The summed E-state index contributed by atoms with van der Waals surface area (Å²) in [5, 5.41) is 4.40. The van der Waals surface area contributed by atoms with Gasteiger partial charge in [-0.1, -0.05) is 11.6 Å². The van der Waals surface area contributed by atoms with Crippen molar-refractivity contribution in [2.45, 2.75) is 13.5 Å². The van der Waals surface area contributed by atoms with Crippen molar-refractivity contribution in [1.82, 2.24) is 9.66 Å². The first-order chi connectivity index (χ1) is 9.45. The second kappa shape index (κ2) is 5.87. The van der Waals surface area contributed by atoms with Crippen molar-refractivity contribution in [3.63, 3.8) is 0 Å². The standard InChI is InChI=1S/C12H11ClF2N4O/c1-7-6-19(12(16)18-7)17-5-8-4-9(13)2-3-10(8)20-11(14)15/h2-6,11H,1H3,(H2,16,18). The maximum atomic E-state index is 12.3. The number of hydrogen-bond acceptors (Lipinski definition) is 4. The van der Waals surface area contributed by atoms with Crippen LogP contribution in [0, 0.1) is 6.92 Å². The first-order valence-electron chi connectivity index (χ1n) is 5.56. The summed E-state index contributed by atoms with van der Waals surface area (Å²) in [5.74, 6) is 0.167. The fourth-order valence-corrected chi connectivity index (χ4v) is 1.72. The number of nitrogens with zero attached hydrogens (tertiary/aromatic N) is 3. The number of hydrogen-bond donors (Lipinski definition) is 1. The zero-order valence-electron chi connectivity index (χ0n) is 10.4. The van der Waals surface area contributed by atoms with Gasteiger partial charge in [-0.25, -0.2) is 9.66 Å². The lowest BCUT2D eigenvalue weighted by molar-refractivity contribution is -0.0499. The van der Waals surface area contributed by atoms with E-state index in [9.17, 15) is 8.78 Å². The number of anilines is 1. The predicted molar refractivity (Wildman–Crippen MR) is 72.5 cm³/mol. The Balaban J connectivity index is 2.32. The van der Waals surface area contributed by atoms with Gasteiger partial charge in [-0.15, -0.1) is 0 Å². The van der Waals surface area contributed by atoms with Crippen LogP contribution in [0.5, 0.6) is 5.75 Å². The number of ether oxygens (including phenoxy) is 1. The molecule has 0 aliphatic carbocycles. The van der Waals surface area contributed by atoms with E-state index in [0.29, 0.717) is 16.3 Å². The van der Waals surface area contributed by atoms with Gasteiger partial charge in [-0.3, -0.25) is 0 Å². The van der Waals surface area contributed by atoms with Crippen LogP contribution in [-0.2, 0) is 0 Å². The van der Waals surface area contributed by atoms with E-state index in [1.54, 1.807) is 13.1 Å². The number of halogens is 3. The van der Waals surface area contributed by atoms with Gasteiger partial charge in [0.05, 0.1) is 18.1 Å². The number of aromatic nitrogens is 2. The number of rotatable bonds is 4. The van der Waals surface area contributed by atoms with E-state index < -0.39 is 6.61 Å². The topological polar surface area (TPSA) is 65.4 Å². The van der Waals surface area contributed by atoms with E-state index >= 15 is 0 Å². The third-order valence-electron chi connectivity index (χ3n) is 2.34. The average molecular weight is 301 g/mol. The molecule has 0 aliphatic heterocycles. The second-order valence-electron chi connectivity index (χ2n) is 3.89. The summed E-state index contributed by atoms with van der Waals surface area (Å²) in [6.07, 6.45) is 2.92. The van der Waals surface area contributed by atoms with Crippen LogP contribution in [0.3, 0.4) is 0 Å². The van der Waals surface area contributed by atoms with E-state index in [4.69, 9.17) is 17.3 Å². The van der Waals surface area contributed by atoms with Crippen LogP contribution < -0.4 is 10.5 Å². The number of nitrogen functional groups attached to an aromatic ring is 1. The van der Waals surface area contributed by atoms with Crippen LogP contribution in [0.25, 0.3) is 0 Å². The molecule has 1 heterocycles. The van der Waals surface area contributed by atoms with Gasteiger partial charge in [0.25, 0.3) is 0 Å². The molecular weight excluding hydrogens is 290 g/mol. The smallest absolute Gasteiger partial charge is 0.387 e. The lowest BCUT2D eigenvalue weighted by atomic mass is 10.2. The molecule has 20 heavy (non-hydrogen) atoms. The molecule has 0 fully saturated rings. The first-order valence-corrected chi connectivity index (χ1v) is 5.93. The maximum Gasteiger partial charge on any atom is 0.387 e. The van der Waals surface area contributed by atoms with Crippen molar-refractivity contribution in [1.29, 1.82) is 0 Å². The number of imidazole rings is 1. The highest BCUT2D eigenvalue weighted by atomic mass is 35.5. The van der Waals surface area contributed by atoms with E-state index in [-0.39, 0.29) is 11.7 Å². The number of aryl methyl sites for hydroxylation is 1. The summed E-state index contributed by atoms with van der Waals surface area (Å²) in [4.78, 5) is 3.96. The summed E-state index contributed by atoms with van der Waals surface area (Å²) in [7, 11) is 0. The molecule has 0 atom stereocenters. The monoisotopic (exact) mass is 300 g/mol. The third kappa shape index (κ3) is 3.45. The normalized spacial score (nSPS) is 11.4. The summed E-state index contributed by atoms with van der Waals surface area (Å²) >= 11 is 5.82. The van der Waals surface area contributed by atoms with Gasteiger partial charge < -0.3 is 10.5 Å². The highest BCUT2D eigenvalue weighted by Gasteiger charge is 2.09. The minimum Gasteiger partial charge on any atom is -0.434 e. The molecule has 2 N–H and O–H groups in total. The Morgan fingerprint density at radius 2 is 2.25 bits per heavy atom. The van der Waals surface area contributed by atoms with Crippen molar-refractivity contribution < 1.29 is 13.5 Å². The van der Waals surface area contributed by atoms with Crippen molar-refractivity contribution >= 4 is 23.8 Å². The average Bonchev–Trinajstić information content (AvgIpc) is 2.67. The summed E-state index contributed by atoms with van der Waals surface area (Å²) in [5.41, 5.74) is 6.61. The van der Waals surface area contributed by atoms with Gasteiger partial charge in [0.1, 0.15) is 5.75 Å². The highest BCUT2D eigenvalue weighted by Crippen LogP contribution is 2.23. The molecule has 5 nitrogen and oxygen atoms in total. The third-order valence-corrected chi connectivity index (χ3v) is 2.58. The predicted octanol–water partition coefficient (Wildman–Crippen LogP) is 2.91. The van der Waals surface area contributed by atoms with Gasteiger partial charge in [0.15, 0.2) is 0 Å². The van der Waals surface area contributed by atoms with Crippen LogP contribution >= 0.6 is 11.6 Å². The van der Waals surface area contributed by atoms with Crippen LogP contribution in [-0.4, -0.2) is 22.5 Å². The molecule has 0 bridgehead atoms. The minimum absolute atomic E-state index is 0.0245. The Hall–Kier alpha value is -2.15. The Morgan fingerprint density at radius 3 is 2.85 bits per heavy atom. The lowest BCUT2D eigenvalue weighted by Gasteiger charge is -2.07. The summed E-state index contributed by atoms with van der Waals surface area (Å²) < 4.78 is 30.3. The van der Waals surface area contributed by atoms with Gasteiger partial charge in [0, 0.05) is 10.6 Å². The Bertz CT molecular complexity index is 642. The van der Waals surface area contributed by atoms with Crippen molar-refractivity contribution in [2.75, 3.05) is 5.73 Å². The quantitative estimate of drug-likeness (QED) is 0.883. The Kier molecular flexibility index (Phi) is 4.19. The summed E-state index contributed by atoms with van der Waals surface area (Å²) in [6, 6.07) is 4.26.